The molecule has 0 aliphatic carbocycles. The number of hydrogen-bond acceptors (Lipinski definition) is 8. The maximum atomic E-state index is 11.9. The van der Waals surface area contributed by atoms with Crippen molar-refractivity contribution in [1.82, 2.24) is 15.6 Å². The summed E-state index contributed by atoms with van der Waals surface area (Å²) >= 11 is 1.47. The van der Waals surface area contributed by atoms with E-state index in [9.17, 15) is 14.4 Å². The predicted molar refractivity (Wildman–Crippen MR) is 92.6 cm³/mol. The first-order valence-corrected chi connectivity index (χ1v) is 8.60. The number of carbonyl (C=O) groups is 3. The summed E-state index contributed by atoms with van der Waals surface area (Å²) in [7, 11) is 1.49. The number of hydrogen-bond donors (Lipinski definition) is 2. The number of thiophene rings is 1. The molecule has 26 heavy (non-hydrogen) atoms. The summed E-state index contributed by atoms with van der Waals surface area (Å²) in [6.07, 6.45) is -0.131. The van der Waals surface area contributed by atoms with E-state index in [1.807, 2.05) is 22.8 Å². The number of nitrogens with one attached hydrogen (secondary N) is 2. The van der Waals surface area contributed by atoms with E-state index in [-0.39, 0.29) is 13.0 Å². The first kappa shape index (κ1) is 19.6. The molecule has 2 aromatic heterocycles. The Morgan fingerprint density at radius 2 is 2.15 bits per heavy atom. The molecule has 2 N–H and O–H groups in total. The Balaban J connectivity index is 1.77. The van der Waals surface area contributed by atoms with Crippen LogP contribution in [0.2, 0.25) is 0 Å². The lowest BCUT2D eigenvalue weighted by atomic mass is 10.3. The van der Waals surface area contributed by atoms with Crippen LogP contribution in [0.1, 0.15) is 11.5 Å². The molecular weight excluding hydrogens is 362 g/mol. The van der Waals surface area contributed by atoms with Gasteiger partial charge in [-0.2, -0.15) is 0 Å². The van der Waals surface area contributed by atoms with Crippen molar-refractivity contribution in [3.8, 4) is 10.8 Å². The highest BCUT2D eigenvalue weighted by atomic mass is 32.1. The number of ether oxygens (including phenoxy) is 2. The first-order valence-electron chi connectivity index (χ1n) is 7.72. The van der Waals surface area contributed by atoms with E-state index in [1.54, 1.807) is 6.92 Å². The van der Waals surface area contributed by atoms with E-state index in [0.29, 0.717) is 24.0 Å². The Bertz CT molecular complexity index is 756. The van der Waals surface area contributed by atoms with Crippen LogP contribution in [0.5, 0.6) is 0 Å². The number of aryl methyl sites for hydroxylation is 1. The SMILES string of the molecule is COCCNC(=O)NC(=O)COC(=O)Cc1nc(-c2cccs2)oc1C. The van der Waals surface area contributed by atoms with Gasteiger partial charge in [0.1, 0.15) is 5.76 Å². The average molecular weight is 381 g/mol. The molecule has 0 saturated heterocycles. The van der Waals surface area contributed by atoms with Crippen molar-refractivity contribution in [2.45, 2.75) is 13.3 Å². The number of methoxy groups -OCH3 is 1. The van der Waals surface area contributed by atoms with Crippen molar-refractivity contribution in [3.05, 3.63) is 29.0 Å². The van der Waals surface area contributed by atoms with Crippen LogP contribution in [-0.2, 0) is 25.5 Å². The normalized spacial score (nSPS) is 10.4. The largest absolute Gasteiger partial charge is 0.455 e. The summed E-state index contributed by atoms with van der Waals surface area (Å²) in [5.41, 5.74) is 0.441. The Morgan fingerprint density at radius 3 is 2.85 bits per heavy atom. The molecule has 0 spiro atoms. The topological polar surface area (TPSA) is 120 Å². The maximum absolute atomic E-state index is 11.9. The van der Waals surface area contributed by atoms with E-state index >= 15 is 0 Å². The molecule has 0 unspecified atom stereocenters. The van der Waals surface area contributed by atoms with Crippen LogP contribution >= 0.6 is 11.3 Å². The van der Waals surface area contributed by atoms with E-state index in [0.717, 1.165) is 4.88 Å². The highest BCUT2D eigenvalue weighted by Crippen LogP contribution is 2.26. The smallest absolute Gasteiger partial charge is 0.321 e. The second-order valence-electron chi connectivity index (χ2n) is 5.13. The van der Waals surface area contributed by atoms with Gasteiger partial charge < -0.3 is 19.2 Å². The fraction of sp³-hybridized carbons (Fsp3) is 0.375. The monoisotopic (exact) mass is 381 g/mol. The van der Waals surface area contributed by atoms with Gasteiger partial charge in [0.15, 0.2) is 6.61 Å². The third kappa shape index (κ3) is 5.97. The van der Waals surface area contributed by atoms with Gasteiger partial charge in [-0.05, 0) is 18.4 Å². The van der Waals surface area contributed by atoms with Crippen LogP contribution < -0.4 is 10.6 Å². The van der Waals surface area contributed by atoms with E-state index in [1.165, 1.54) is 18.4 Å². The summed E-state index contributed by atoms with van der Waals surface area (Å²) in [4.78, 5) is 39.9. The van der Waals surface area contributed by atoms with Crippen molar-refractivity contribution >= 4 is 29.2 Å². The van der Waals surface area contributed by atoms with Gasteiger partial charge in [-0.1, -0.05) is 6.07 Å². The molecule has 0 radical (unpaired) electrons. The molecule has 2 heterocycles. The molecule has 0 aliphatic rings. The zero-order chi connectivity index (χ0) is 18.9. The van der Waals surface area contributed by atoms with Gasteiger partial charge in [0.05, 0.1) is 23.6 Å². The van der Waals surface area contributed by atoms with Crippen molar-refractivity contribution in [3.63, 3.8) is 0 Å². The van der Waals surface area contributed by atoms with E-state index in [4.69, 9.17) is 13.9 Å². The Hall–Kier alpha value is -2.72. The fourth-order valence-corrected chi connectivity index (χ4v) is 2.55. The van der Waals surface area contributed by atoms with Gasteiger partial charge in [0.2, 0.25) is 5.89 Å². The second kappa shape index (κ2) is 9.68. The summed E-state index contributed by atoms with van der Waals surface area (Å²) < 4.78 is 15.1. The Kier molecular flexibility index (Phi) is 7.30. The third-order valence-corrected chi connectivity index (χ3v) is 4.00. The molecule has 2 rings (SSSR count). The average Bonchev–Trinajstić information content (AvgIpc) is 3.24. The molecular formula is C16H19N3O6S. The summed E-state index contributed by atoms with van der Waals surface area (Å²) in [6.45, 7) is 1.71. The molecule has 0 aliphatic heterocycles. The zero-order valence-corrected chi connectivity index (χ0v) is 15.2. The number of amides is 3. The minimum absolute atomic E-state index is 0.131. The lowest BCUT2D eigenvalue weighted by molar-refractivity contribution is -0.147. The molecule has 0 bridgehead atoms. The molecule has 10 heteroatoms. The van der Waals surface area contributed by atoms with Gasteiger partial charge in [-0.25, -0.2) is 9.78 Å². The summed E-state index contributed by atoms with van der Waals surface area (Å²) in [6, 6.07) is 3.05. The maximum Gasteiger partial charge on any atom is 0.321 e. The standard InChI is InChI=1S/C16H19N3O6S/c1-10-11(18-15(25-10)12-4-3-7-26-12)8-14(21)24-9-13(20)19-16(22)17-5-6-23-2/h3-4,7H,5-6,8-9H2,1-2H3,(H2,17,19,20,22). The van der Waals surface area contributed by atoms with Gasteiger partial charge in [-0.3, -0.25) is 14.9 Å². The number of carbonyl (C=O) groups excluding carboxylic acids is 3. The van der Waals surface area contributed by atoms with Gasteiger partial charge >= 0.3 is 12.0 Å². The highest BCUT2D eigenvalue weighted by Gasteiger charge is 2.17. The molecule has 9 nitrogen and oxygen atoms in total. The number of urea groups is 1. The lowest BCUT2D eigenvalue weighted by Gasteiger charge is -2.06. The number of oxazole rings is 1. The second-order valence-corrected chi connectivity index (χ2v) is 6.08. The van der Waals surface area contributed by atoms with Crippen molar-refractivity contribution < 1.29 is 28.3 Å². The van der Waals surface area contributed by atoms with Crippen LogP contribution in [0.4, 0.5) is 4.79 Å². The van der Waals surface area contributed by atoms with Crippen LogP contribution in [0.3, 0.4) is 0 Å². The van der Waals surface area contributed by atoms with Crippen LogP contribution in [0.25, 0.3) is 10.8 Å². The number of nitrogens with zero attached hydrogens (tertiary/aromatic N) is 1. The zero-order valence-electron chi connectivity index (χ0n) is 14.4. The van der Waals surface area contributed by atoms with Gasteiger partial charge in [-0.15, -0.1) is 11.3 Å². The molecule has 140 valence electrons. The molecule has 0 aromatic carbocycles. The van der Waals surface area contributed by atoms with Crippen molar-refractivity contribution in [2.24, 2.45) is 0 Å². The number of esters is 1. The summed E-state index contributed by atoms with van der Waals surface area (Å²) in [5.74, 6) is -0.434. The predicted octanol–water partition coefficient (Wildman–Crippen LogP) is 1.27. The molecule has 0 fully saturated rings. The molecule has 3 amide bonds. The fourth-order valence-electron chi connectivity index (χ4n) is 1.91. The molecule has 2 aromatic rings. The number of imide groups is 1. The summed E-state index contributed by atoms with van der Waals surface area (Å²) in [5, 5.41) is 6.34. The van der Waals surface area contributed by atoms with Gasteiger partial charge in [0.25, 0.3) is 5.91 Å². The van der Waals surface area contributed by atoms with Crippen molar-refractivity contribution in [2.75, 3.05) is 26.9 Å². The van der Waals surface area contributed by atoms with Gasteiger partial charge in [0, 0.05) is 13.7 Å². The first-order chi connectivity index (χ1) is 12.5. The van der Waals surface area contributed by atoms with Crippen molar-refractivity contribution in [1.29, 1.82) is 0 Å². The van der Waals surface area contributed by atoms with E-state index < -0.39 is 24.5 Å². The molecule has 0 atom stereocenters. The number of rotatable bonds is 8. The highest BCUT2D eigenvalue weighted by molar-refractivity contribution is 7.13. The van der Waals surface area contributed by atoms with Crippen LogP contribution in [0, 0.1) is 6.92 Å². The van der Waals surface area contributed by atoms with Crippen LogP contribution in [0.15, 0.2) is 21.9 Å². The third-order valence-electron chi connectivity index (χ3n) is 3.15. The van der Waals surface area contributed by atoms with E-state index in [2.05, 4.69) is 10.3 Å². The minimum atomic E-state index is -0.732. The lowest BCUT2D eigenvalue weighted by Crippen LogP contribution is -2.42. The van der Waals surface area contributed by atoms with Crippen LogP contribution in [-0.4, -0.2) is 49.8 Å². The molecule has 0 saturated carbocycles. The minimum Gasteiger partial charge on any atom is -0.455 e. The number of aromatic nitrogens is 1. The Morgan fingerprint density at radius 1 is 1.35 bits per heavy atom. The quantitative estimate of drug-likeness (QED) is 0.522. The Labute approximate surface area is 153 Å².